The number of hydrogen-bond acceptors (Lipinski definition) is 9. The van der Waals surface area contributed by atoms with Gasteiger partial charge in [0.25, 0.3) is 0 Å². The first-order chi connectivity index (χ1) is 22.5. The van der Waals surface area contributed by atoms with E-state index in [1.165, 1.54) is 11.1 Å². The SMILES string of the molecule is O=C(CN1CCN(CCOC(c2ccccc2)c2ccccc2)CC1)N1CCOCC1.O=C(O)/C=C\C(=O)O.O=C(O)/C=C\C(=O)O. The summed E-state index contributed by atoms with van der Waals surface area (Å²) in [5.41, 5.74) is 2.36. The summed E-state index contributed by atoms with van der Waals surface area (Å²) in [6.45, 7) is 8.67. The fourth-order valence-electron chi connectivity index (χ4n) is 4.50. The third-order valence-electron chi connectivity index (χ3n) is 6.82. The second-order valence-corrected chi connectivity index (χ2v) is 10.2. The molecule has 2 saturated heterocycles. The number of amides is 1. The number of carbonyl (C=O) groups is 5. The van der Waals surface area contributed by atoms with Crippen LogP contribution in [0, 0.1) is 0 Å². The van der Waals surface area contributed by atoms with Crippen molar-refractivity contribution in [2.45, 2.75) is 6.10 Å². The molecule has 0 radical (unpaired) electrons. The molecule has 4 rings (SSSR count). The fraction of sp³-hybridized carbons (Fsp3) is 0.364. The lowest BCUT2D eigenvalue weighted by Gasteiger charge is -2.36. The largest absolute Gasteiger partial charge is 0.478 e. The first-order valence-electron chi connectivity index (χ1n) is 14.8. The van der Waals surface area contributed by atoms with Crippen LogP contribution in [0.15, 0.2) is 85.0 Å². The molecule has 0 spiro atoms. The Bertz CT molecular complexity index is 1220. The lowest BCUT2D eigenvalue weighted by molar-refractivity contribution is -0.137. The van der Waals surface area contributed by atoms with Gasteiger partial charge in [0.1, 0.15) is 6.10 Å². The molecular weight excluding hydrogens is 614 g/mol. The van der Waals surface area contributed by atoms with Crippen molar-refractivity contribution in [1.82, 2.24) is 14.7 Å². The van der Waals surface area contributed by atoms with Gasteiger partial charge in [-0.15, -0.1) is 0 Å². The summed E-state index contributed by atoms with van der Waals surface area (Å²) < 4.78 is 11.7. The summed E-state index contributed by atoms with van der Waals surface area (Å²) in [6.07, 6.45) is 2.19. The molecule has 47 heavy (non-hydrogen) atoms. The highest BCUT2D eigenvalue weighted by atomic mass is 16.5. The van der Waals surface area contributed by atoms with E-state index in [-0.39, 0.29) is 12.0 Å². The highest BCUT2D eigenvalue weighted by molar-refractivity contribution is 5.90. The maximum atomic E-state index is 12.5. The van der Waals surface area contributed by atoms with Crippen LogP contribution in [0.4, 0.5) is 0 Å². The van der Waals surface area contributed by atoms with E-state index in [0.29, 0.717) is 50.7 Å². The number of rotatable bonds is 12. The minimum atomic E-state index is -1.26. The third-order valence-corrected chi connectivity index (χ3v) is 6.82. The summed E-state index contributed by atoms with van der Waals surface area (Å²) in [5, 5.41) is 31.2. The Morgan fingerprint density at radius 1 is 0.638 bits per heavy atom. The molecule has 0 unspecified atom stereocenters. The highest BCUT2D eigenvalue weighted by Crippen LogP contribution is 2.25. The van der Waals surface area contributed by atoms with Crippen LogP contribution in [0.2, 0.25) is 0 Å². The van der Waals surface area contributed by atoms with Gasteiger partial charge in [-0.2, -0.15) is 0 Å². The van der Waals surface area contributed by atoms with Crippen molar-refractivity contribution in [2.75, 3.05) is 72.2 Å². The minimum Gasteiger partial charge on any atom is -0.478 e. The summed E-state index contributed by atoms with van der Waals surface area (Å²) >= 11 is 0. The van der Waals surface area contributed by atoms with Crippen molar-refractivity contribution in [3.63, 3.8) is 0 Å². The van der Waals surface area contributed by atoms with Gasteiger partial charge in [-0.1, -0.05) is 60.7 Å². The minimum absolute atomic E-state index is 0.0465. The van der Waals surface area contributed by atoms with E-state index in [1.807, 2.05) is 17.0 Å². The Kier molecular flexibility index (Phi) is 17.7. The summed E-state index contributed by atoms with van der Waals surface area (Å²) in [7, 11) is 0. The average Bonchev–Trinajstić information content (AvgIpc) is 3.07. The van der Waals surface area contributed by atoms with Crippen molar-refractivity contribution in [3.8, 4) is 0 Å². The predicted octanol–water partition coefficient (Wildman–Crippen LogP) is 1.69. The fourth-order valence-corrected chi connectivity index (χ4v) is 4.50. The monoisotopic (exact) mass is 655 g/mol. The Morgan fingerprint density at radius 2 is 1.04 bits per heavy atom. The van der Waals surface area contributed by atoms with Gasteiger partial charge in [-0.05, 0) is 11.1 Å². The Morgan fingerprint density at radius 3 is 1.45 bits per heavy atom. The van der Waals surface area contributed by atoms with Gasteiger partial charge in [0.05, 0.1) is 26.4 Å². The summed E-state index contributed by atoms with van der Waals surface area (Å²) in [5.74, 6) is -4.80. The highest BCUT2D eigenvalue weighted by Gasteiger charge is 2.23. The van der Waals surface area contributed by atoms with Crippen molar-refractivity contribution >= 4 is 29.8 Å². The molecule has 0 aliphatic carbocycles. The molecule has 0 bridgehead atoms. The zero-order valence-corrected chi connectivity index (χ0v) is 25.9. The Balaban J connectivity index is 0.000000397. The van der Waals surface area contributed by atoms with E-state index < -0.39 is 23.9 Å². The zero-order chi connectivity index (χ0) is 34.4. The van der Waals surface area contributed by atoms with Gasteiger partial charge in [-0.25, -0.2) is 19.2 Å². The molecule has 2 heterocycles. The van der Waals surface area contributed by atoms with Gasteiger partial charge in [0, 0.05) is 70.1 Å². The quantitative estimate of drug-likeness (QED) is 0.242. The van der Waals surface area contributed by atoms with Crippen LogP contribution in [-0.2, 0) is 33.4 Å². The topological polar surface area (TPSA) is 194 Å². The lowest BCUT2D eigenvalue weighted by Crippen LogP contribution is -2.51. The van der Waals surface area contributed by atoms with E-state index in [4.69, 9.17) is 29.9 Å². The van der Waals surface area contributed by atoms with Gasteiger partial charge in [-0.3, -0.25) is 14.6 Å². The number of aliphatic carboxylic acids is 4. The van der Waals surface area contributed by atoms with Crippen LogP contribution in [0.25, 0.3) is 0 Å². The van der Waals surface area contributed by atoms with Crippen LogP contribution in [-0.4, -0.2) is 137 Å². The lowest BCUT2D eigenvalue weighted by atomic mass is 10.0. The molecule has 2 aliphatic heterocycles. The van der Waals surface area contributed by atoms with Gasteiger partial charge in [0.2, 0.25) is 5.91 Å². The second-order valence-electron chi connectivity index (χ2n) is 10.2. The Hall–Kier alpha value is -4.89. The van der Waals surface area contributed by atoms with E-state index in [1.54, 1.807) is 0 Å². The summed E-state index contributed by atoms with van der Waals surface area (Å²) in [6, 6.07) is 20.8. The number of carbonyl (C=O) groups excluding carboxylic acids is 1. The molecule has 14 heteroatoms. The van der Waals surface area contributed by atoms with Crippen LogP contribution in [0.5, 0.6) is 0 Å². The number of morpholine rings is 1. The standard InChI is InChI=1S/C25H33N3O3.2C4H4O4/c29-24(28-16-18-30-19-17-28)21-27-13-11-26(12-14-27)15-20-31-25(22-7-3-1-4-8-22)23-9-5-2-6-10-23;2*5-3(6)1-2-4(7)8/h1-10,25H,11-21H2;2*1-2H,(H,5,6)(H,7,8)/b;2*2-1-. The summed E-state index contributed by atoms with van der Waals surface area (Å²) in [4.78, 5) is 57.3. The maximum absolute atomic E-state index is 12.5. The van der Waals surface area contributed by atoms with E-state index in [0.717, 1.165) is 45.8 Å². The number of piperazine rings is 1. The van der Waals surface area contributed by atoms with Gasteiger partial charge < -0.3 is 34.8 Å². The zero-order valence-electron chi connectivity index (χ0n) is 25.9. The number of nitrogens with zero attached hydrogens (tertiary/aromatic N) is 3. The van der Waals surface area contributed by atoms with Crippen LogP contribution >= 0.6 is 0 Å². The molecule has 0 saturated carbocycles. The molecule has 254 valence electrons. The predicted molar refractivity (Wildman–Crippen MR) is 170 cm³/mol. The first kappa shape index (κ1) is 38.3. The van der Waals surface area contributed by atoms with Crippen molar-refractivity contribution < 1.29 is 53.9 Å². The van der Waals surface area contributed by atoms with Crippen molar-refractivity contribution in [3.05, 3.63) is 96.1 Å². The molecule has 14 nitrogen and oxygen atoms in total. The molecule has 2 aromatic rings. The smallest absolute Gasteiger partial charge is 0.328 e. The first-order valence-corrected chi connectivity index (χ1v) is 14.8. The second kappa shape index (κ2) is 21.8. The number of carboxylic acids is 4. The van der Waals surface area contributed by atoms with Crippen LogP contribution < -0.4 is 0 Å². The average molecular weight is 656 g/mol. The molecule has 2 aromatic carbocycles. The maximum Gasteiger partial charge on any atom is 0.328 e. The molecule has 0 aromatic heterocycles. The van der Waals surface area contributed by atoms with E-state index in [9.17, 15) is 24.0 Å². The van der Waals surface area contributed by atoms with Crippen molar-refractivity contribution in [2.24, 2.45) is 0 Å². The van der Waals surface area contributed by atoms with Crippen molar-refractivity contribution in [1.29, 1.82) is 0 Å². The normalized spacial score (nSPS) is 15.4. The number of benzene rings is 2. The van der Waals surface area contributed by atoms with E-state index >= 15 is 0 Å². The number of hydrogen-bond donors (Lipinski definition) is 4. The van der Waals surface area contributed by atoms with Crippen LogP contribution in [0.3, 0.4) is 0 Å². The van der Waals surface area contributed by atoms with Gasteiger partial charge in [0.15, 0.2) is 0 Å². The number of ether oxygens (including phenoxy) is 2. The van der Waals surface area contributed by atoms with Crippen LogP contribution in [0.1, 0.15) is 17.2 Å². The molecule has 2 fully saturated rings. The molecule has 1 amide bonds. The number of carboxylic acid groups (broad SMARTS) is 4. The molecule has 0 atom stereocenters. The van der Waals surface area contributed by atoms with E-state index in [2.05, 4.69) is 58.3 Å². The third kappa shape index (κ3) is 16.8. The molecular formula is C33H41N3O11. The molecule has 2 aliphatic rings. The van der Waals surface area contributed by atoms with Gasteiger partial charge >= 0.3 is 23.9 Å². The Labute approximate surface area is 272 Å². The molecule has 4 N–H and O–H groups in total.